The Bertz CT molecular complexity index is 1460. The van der Waals surface area contributed by atoms with Crippen LogP contribution >= 0.6 is 0 Å². The summed E-state index contributed by atoms with van der Waals surface area (Å²) in [6.07, 6.45) is 59.5. The third-order valence-corrected chi connectivity index (χ3v) is 21.3. The van der Waals surface area contributed by atoms with Gasteiger partial charge in [0.2, 0.25) is 0 Å². The van der Waals surface area contributed by atoms with Crippen LogP contribution in [0.5, 0.6) is 0 Å². The molecule has 0 aromatic heterocycles. The van der Waals surface area contributed by atoms with Gasteiger partial charge in [0.05, 0.1) is 0 Å². The van der Waals surface area contributed by atoms with Crippen LogP contribution in [0.3, 0.4) is 0 Å². The largest absolute Gasteiger partial charge is 0.103 e. The van der Waals surface area contributed by atoms with E-state index in [1.165, 1.54) is 185 Å². The molecule has 9 rings (SSSR count). The van der Waals surface area contributed by atoms with Crippen molar-refractivity contribution in [3.8, 4) is 0 Å². The van der Waals surface area contributed by atoms with Gasteiger partial charge in [0.1, 0.15) is 0 Å². The Morgan fingerprint density at radius 2 is 0.676 bits per heavy atom. The topological polar surface area (TPSA) is 0 Å². The average molecular weight is 980 g/mol. The zero-order valence-corrected chi connectivity index (χ0v) is 46.3. The highest BCUT2D eigenvalue weighted by Crippen LogP contribution is 2.46. The highest BCUT2D eigenvalue weighted by molar-refractivity contribution is 5.25. The van der Waals surface area contributed by atoms with Crippen LogP contribution in [0.15, 0.2) is 61.7 Å². The summed E-state index contributed by atoms with van der Waals surface area (Å²) in [5.41, 5.74) is 2.96. The first-order valence-electron chi connectivity index (χ1n) is 31.1. The van der Waals surface area contributed by atoms with E-state index in [1.807, 2.05) is 0 Å². The van der Waals surface area contributed by atoms with E-state index in [-0.39, 0.29) is 22.3 Å². The van der Waals surface area contributed by atoms with E-state index < -0.39 is 0 Å². The minimum absolute atomic E-state index is 0. The van der Waals surface area contributed by atoms with E-state index in [2.05, 4.69) is 103 Å². The third-order valence-electron chi connectivity index (χ3n) is 21.3. The van der Waals surface area contributed by atoms with E-state index in [0.29, 0.717) is 0 Å². The summed E-state index contributed by atoms with van der Waals surface area (Å²) in [7, 11) is 0. The van der Waals surface area contributed by atoms with E-state index >= 15 is 0 Å². The van der Waals surface area contributed by atoms with Gasteiger partial charge in [-0.15, -0.1) is 13.2 Å². The zero-order valence-electron chi connectivity index (χ0n) is 46.3. The Hall–Kier alpha value is -1.56. The van der Waals surface area contributed by atoms with Crippen LogP contribution in [0.2, 0.25) is 0 Å². The maximum absolute atomic E-state index is 3.97. The van der Waals surface area contributed by atoms with Gasteiger partial charge in [-0.1, -0.05) is 168 Å². The molecular weight excluding hydrogens is 853 g/mol. The molecule has 1 aromatic rings. The quantitative estimate of drug-likeness (QED) is 0.205. The maximum Gasteiger partial charge on any atom is -0.0162 e. The van der Waals surface area contributed by atoms with Gasteiger partial charge in [-0.05, 0) is 268 Å². The summed E-state index contributed by atoms with van der Waals surface area (Å²) in [6, 6.07) is 9.27. The predicted octanol–water partition coefficient (Wildman–Crippen LogP) is 23.6. The first kappa shape index (κ1) is 63.7. The Morgan fingerprint density at radius 1 is 0.394 bits per heavy atom. The standard InChI is InChI=1S/C21H30.C16H30.C16H28.C15H26.3CH4/c1-3-17-6-10-19(11-7-17)21-14-12-20(13-15-21)18-8-4-16(2)5-9-18;2*1-3-4-14-7-11-16(12-8-14)15-9-5-13(2)6-10-15;1-3-13-6-10-15(11-7-13)14-8-4-12(2)5-9-14;;;/h3-5,8-9,17,19-21H,1,6-7,10-15H2,2H3;13-16H,3-12H2,1-2H3;3-4,13-16H,5-12H2,1-2H3;3,12-15H,1,4-11H2,2H3;3*1H4. The predicted molar refractivity (Wildman–Crippen MR) is 321 cm³/mol. The Balaban J connectivity index is 0.000000249. The lowest BCUT2D eigenvalue weighted by Gasteiger charge is -2.37. The molecule has 0 bridgehead atoms. The summed E-state index contributed by atoms with van der Waals surface area (Å²) in [4.78, 5) is 0. The van der Waals surface area contributed by atoms with Crippen LogP contribution in [0.1, 0.15) is 292 Å². The summed E-state index contributed by atoms with van der Waals surface area (Å²) in [5.74, 6) is 16.1. The molecule has 0 amide bonds. The smallest absolute Gasteiger partial charge is 0.0162 e. The molecule has 0 radical (unpaired) electrons. The lowest BCUT2D eigenvalue weighted by Crippen LogP contribution is -2.25. The van der Waals surface area contributed by atoms with Crippen molar-refractivity contribution in [2.75, 3.05) is 0 Å². The van der Waals surface area contributed by atoms with Gasteiger partial charge in [0, 0.05) is 0 Å². The molecule has 0 spiro atoms. The molecule has 0 unspecified atom stereocenters. The van der Waals surface area contributed by atoms with Crippen molar-refractivity contribution in [3.63, 3.8) is 0 Å². The number of benzene rings is 1. The van der Waals surface area contributed by atoms with E-state index in [4.69, 9.17) is 0 Å². The van der Waals surface area contributed by atoms with Crippen molar-refractivity contribution in [2.45, 2.75) is 288 Å². The Kier molecular flexibility index (Phi) is 31.3. The second-order valence-electron chi connectivity index (χ2n) is 26.2. The van der Waals surface area contributed by atoms with Crippen LogP contribution in [-0.2, 0) is 0 Å². The average Bonchev–Trinajstić information content (AvgIpc) is 3.39. The summed E-state index contributed by atoms with van der Waals surface area (Å²) in [5, 5.41) is 0. The lowest BCUT2D eigenvalue weighted by atomic mass is 9.68. The first-order valence-corrected chi connectivity index (χ1v) is 31.1. The number of rotatable bonds is 10. The molecule has 8 fully saturated rings. The van der Waals surface area contributed by atoms with Crippen LogP contribution in [0.25, 0.3) is 0 Å². The summed E-state index contributed by atoms with van der Waals surface area (Å²) < 4.78 is 0. The van der Waals surface area contributed by atoms with Crippen LogP contribution < -0.4 is 0 Å². The molecule has 0 heteroatoms. The fourth-order valence-corrected chi connectivity index (χ4v) is 16.2. The second kappa shape index (κ2) is 34.9. The molecule has 410 valence electrons. The van der Waals surface area contributed by atoms with Crippen LogP contribution in [0.4, 0.5) is 0 Å². The molecule has 0 saturated heterocycles. The van der Waals surface area contributed by atoms with Gasteiger partial charge >= 0.3 is 0 Å². The van der Waals surface area contributed by atoms with Crippen molar-refractivity contribution in [1.82, 2.24) is 0 Å². The molecule has 71 heavy (non-hydrogen) atoms. The molecule has 0 nitrogen and oxygen atoms in total. The van der Waals surface area contributed by atoms with Crippen LogP contribution in [-0.4, -0.2) is 0 Å². The van der Waals surface area contributed by atoms with Gasteiger partial charge < -0.3 is 0 Å². The normalized spacial score (nSPS) is 37.4. The fraction of sp³-hybridized carbons (Fsp3) is 0.831. The van der Waals surface area contributed by atoms with E-state index in [9.17, 15) is 0 Å². The molecule has 0 atom stereocenters. The Labute approximate surface area is 447 Å². The second-order valence-corrected chi connectivity index (χ2v) is 26.2. The van der Waals surface area contributed by atoms with Gasteiger partial charge in [-0.25, -0.2) is 0 Å². The minimum atomic E-state index is 0. The first-order chi connectivity index (χ1) is 33.1. The van der Waals surface area contributed by atoms with Gasteiger partial charge in [0.15, 0.2) is 0 Å². The number of hydrogen-bond donors (Lipinski definition) is 0. The van der Waals surface area contributed by atoms with Gasteiger partial charge in [0.25, 0.3) is 0 Å². The summed E-state index contributed by atoms with van der Waals surface area (Å²) in [6.45, 7) is 21.9. The molecule has 0 aliphatic heterocycles. The van der Waals surface area contributed by atoms with Crippen molar-refractivity contribution in [3.05, 3.63) is 72.9 Å². The number of hydrogen-bond acceptors (Lipinski definition) is 0. The lowest BCUT2D eigenvalue weighted by molar-refractivity contribution is 0.147. The van der Waals surface area contributed by atoms with Gasteiger partial charge in [-0.3, -0.25) is 0 Å². The van der Waals surface area contributed by atoms with Crippen molar-refractivity contribution < 1.29 is 0 Å². The molecule has 0 N–H and O–H groups in total. The maximum atomic E-state index is 3.97. The zero-order chi connectivity index (χ0) is 48.1. The van der Waals surface area contributed by atoms with E-state index in [0.717, 1.165) is 94.7 Å². The molecule has 0 heterocycles. The van der Waals surface area contributed by atoms with E-state index in [1.54, 1.807) is 44.1 Å². The molecule has 1 aromatic carbocycles. The highest BCUT2D eigenvalue weighted by Gasteiger charge is 2.33. The molecule has 8 aliphatic rings. The van der Waals surface area contributed by atoms with Crippen molar-refractivity contribution >= 4 is 0 Å². The van der Waals surface area contributed by atoms with Crippen LogP contribution in [0, 0.1) is 95.7 Å². The van der Waals surface area contributed by atoms with Crippen molar-refractivity contribution in [2.24, 2.45) is 88.8 Å². The van der Waals surface area contributed by atoms with Crippen molar-refractivity contribution in [1.29, 1.82) is 0 Å². The SMILES string of the molecule is C.C.C.C=CC1CCC(C2CCC(C)CC2)CC1.C=CC1CCC(C2CCC(c3ccc(C)cc3)CC2)CC1.CC=CC1CCC(C2CCC(C)CC2)CC1.CCCC1CCC(C2CCC(C)CC2)CC1. The fourth-order valence-electron chi connectivity index (χ4n) is 16.2. The number of allylic oxidation sites excluding steroid dienone is 4. The monoisotopic (exact) mass is 979 g/mol. The summed E-state index contributed by atoms with van der Waals surface area (Å²) >= 11 is 0. The van der Waals surface area contributed by atoms with Gasteiger partial charge in [-0.2, -0.15) is 0 Å². The number of aryl methyl sites for hydroxylation is 1. The minimum Gasteiger partial charge on any atom is -0.103 e. The highest BCUT2D eigenvalue weighted by atomic mass is 14.4. The Morgan fingerprint density at radius 3 is 0.972 bits per heavy atom. The molecule has 8 aliphatic carbocycles. The molecule has 8 saturated carbocycles. The third kappa shape index (κ3) is 21.5. The molecular formula is C71H126.